The lowest BCUT2D eigenvalue weighted by Crippen LogP contribution is -2.45. The summed E-state index contributed by atoms with van der Waals surface area (Å²) in [5.74, 6) is -0.985. The summed E-state index contributed by atoms with van der Waals surface area (Å²) < 4.78 is 56.3. The lowest BCUT2D eigenvalue weighted by molar-refractivity contribution is 0.0441. The van der Waals surface area contributed by atoms with Crippen LogP contribution in [0.15, 0.2) is 52.3 Å². The highest BCUT2D eigenvalue weighted by Crippen LogP contribution is 2.35. The molecular formula is C23H23NO7S2. The molecule has 33 heavy (non-hydrogen) atoms. The number of sulfone groups is 2. The van der Waals surface area contributed by atoms with Crippen LogP contribution in [0.1, 0.15) is 45.5 Å². The highest BCUT2D eigenvalue weighted by molar-refractivity contribution is 7.92. The molecule has 0 unspecified atom stereocenters. The smallest absolute Gasteiger partial charge is 0.254 e. The van der Waals surface area contributed by atoms with Gasteiger partial charge < -0.3 is 9.64 Å². The van der Waals surface area contributed by atoms with Crippen molar-refractivity contribution in [2.75, 3.05) is 24.7 Å². The second-order valence-electron chi connectivity index (χ2n) is 8.69. The van der Waals surface area contributed by atoms with E-state index in [4.69, 9.17) is 4.74 Å². The minimum absolute atomic E-state index is 0.0107. The lowest BCUT2D eigenvalue weighted by Gasteiger charge is -2.31. The molecule has 3 aliphatic rings. The van der Waals surface area contributed by atoms with Gasteiger partial charge in [0.1, 0.15) is 0 Å². The first kappa shape index (κ1) is 22.2. The summed E-state index contributed by atoms with van der Waals surface area (Å²) in [5, 5.41) is 0. The third kappa shape index (κ3) is 3.89. The summed E-state index contributed by atoms with van der Waals surface area (Å²) in [6, 6.07) is 9.56. The van der Waals surface area contributed by atoms with Crippen LogP contribution in [0.2, 0.25) is 0 Å². The Balaban J connectivity index is 1.53. The Morgan fingerprint density at radius 2 is 1.76 bits per heavy atom. The Bertz CT molecular complexity index is 1360. The molecule has 2 aromatic carbocycles. The molecule has 3 aliphatic heterocycles. The van der Waals surface area contributed by atoms with Crippen molar-refractivity contribution in [3.63, 3.8) is 0 Å². The zero-order valence-electron chi connectivity index (χ0n) is 17.8. The molecule has 8 nitrogen and oxygen atoms in total. The number of ether oxygens (including phenoxy) is 1. The highest BCUT2D eigenvalue weighted by atomic mass is 32.2. The predicted molar refractivity (Wildman–Crippen MR) is 119 cm³/mol. The van der Waals surface area contributed by atoms with Crippen LogP contribution < -0.4 is 0 Å². The first-order valence-corrected chi connectivity index (χ1v) is 14.1. The number of carbonyl (C=O) groups excluding carboxylic acids is 2. The van der Waals surface area contributed by atoms with Gasteiger partial charge in [-0.05, 0) is 49.6 Å². The van der Waals surface area contributed by atoms with E-state index in [1.807, 2.05) is 0 Å². The zero-order chi connectivity index (χ0) is 23.4. The van der Waals surface area contributed by atoms with Gasteiger partial charge >= 0.3 is 0 Å². The summed E-state index contributed by atoms with van der Waals surface area (Å²) >= 11 is 0. The average molecular weight is 490 g/mol. The number of fused-ring (bicyclic) bond motifs is 2. The van der Waals surface area contributed by atoms with E-state index in [-0.39, 0.29) is 50.6 Å². The number of benzene rings is 2. The molecular weight excluding hydrogens is 466 g/mol. The van der Waals surface area contributed by atoms with Crippen LogP contribution in [0, 0.1) is 0 Å². The van der Waals surface area contributed by atoms with Crippen LogP contribution in [-0.2, 0) is 24.4 Å². The number of hydrogen-bond acceptors (Lipinski definition) is 7. The Kier molecular flexibility index (Phi) is 5.42. The topological polar surface area (TPSA) is 115 Å². The monoisotopic (exact) mass is 489 g/mol. The first-order chi connectivity index (χ1) is 15.7. The van der Waals surface area contributed by atoms with Crippen molar-refractivity contribution in [1.29, 1.82) is 0 Å². The predicted octanol–water partition coefficient (Wildman–Crippen LogP) is 1.87. The normalized spacial score (nSPS) is 24.8. The number of carbonyl (C=O) groups is 2. The van der Waals surface area contributed by atoms with Gasteiger partial charge in [-0.3, -0.25) is 9.59 Å². The summed E-state index contributed by atoms with van der Waals surface area (Å²) in [4.78, 5) is 27.7. The van der Waals surface area contributed by atoms with Crippen molar-refractivity contribution in [2.45, 2.75) is 41.2 Å². The van der Waals surface area contributed by atoms with Crippen LogP contribution >= 0.6 is 0 Å². The molecule has 0 saturated carbocycles. The van der Waals surface area contributed by atoms with Crippen LogP contribution in [-0.4, -0.2) is 70.2 Å². The number of amides is 1. The molecule has 3 heterocycles. The molecule has 5 rings (SSSR count). The zero-order valence-corrected chi connectivity index (χ0v) is 19.4. The minimum atomic E-state index is -3.99. The van der Waals surface area contributed by atoms with Crippen LogP contribution in [0.3, 0.4) is 0 Å². The number of ketones is 1. The highest BCUT2D eigenvalue weighted by Gasteiger charge is 2.39. The van der Waals surface area contributed by atoms with Gasteiger partial charge in [0.25, 0.3) is 5.91 Å². The average Bonchev–Trinajstić information content (AvgIpc) is 3.44. The first-order valence-electron chi connectivity index (χ1n) is 10.8. The Morgan fingerprint density at radius 3 is 2.45 bits per heavy atom. The Morgan fingerprint density at radius 1 is 1.00 bits per heavy atom. The SMILES string of the molecule is O=C1c2ccccc2S(=O)(=O)c2cc(C(=O)N(C[C@H]3CCCO3)[C@H]3CCS(=O)(=O)C3)ccc21. The van der Waals surface area contributed by atoms with Gasteiger partial charge in [-0.2, -0.15) is 0 Å². The van der Waals surface area contributed by atoms with Crippen LogP contribution in [0.25, 0.3) is 0 Å². The van der Waals surface area contributed by atoms with Crippen molar-refractivity contribution in [3.8, 4) is 0 Å². The van der Waals surface area contributed by atoms with Gasteiger partial charge in [-0.1, -0.05) is 12.1 Å². The van der Waals surface area contributed by atoms with E-state index in [2.05, 4.69) is 0 Å². The van der Waals surface area contributed by atoms with E-state index in [1.54, 1.807) is 12.1 Å². The Labute approximate surface area is 192 Å². The third-order valence-electron chi connectivity index (χ3n) is 6.52. The number of hydrogen-bond donors (Lipinski definition) is 0. The second kappa shape index (κ2) is 8.03. The fourth-order valence-corrected chi connectivity index (χ4v) is 8.22. The fraction of sp³-hybridized carbons (Fsp3) is 0.391. The molecule has 0 radical (unpaired) electrons. The lowest BCUT2D eigenvalue weighted by atomic mass is 10.0. The van der Waals surface area contributed by atoms with Crippen molar-refractivity contribution in [2.24, 2.45) is 0 Å². The molecule has 2 atom stereocenters. The van der Waals surface area contributed by atoms with Gasteiger partial charge in [0.15, 0.2) is 15.6 Å². The molecule has 2 aromatic rings. The quantitative estimate of drug-likeness (QED) is 0.549. The van der Waals surface area contributed by atoms with Crippen molar-refractivity contribution < 1.29 is 31.2 Å². The van der Waals surface area contributed by atoms with E-state index in [0.717, 1.165) is 12.8 Å². The molecule has 0 aliphatic carbocycles. The van der Waals surface area contributed by atoms with E-state index in [9.17, 15) is 26.4 Å². The van der Waals surface area contributed by atoms with Gasteiger partial charge in [0.2, 0.25) is 9.84 Å². The van der Waals surface area contributed by atoms with E-state index in [0.29, 0.717) is 13.0 Å². The standard InChI is InChI=1S/C23H23NO7S2/c25-22-18-5-1-2-6-20(18)33(29,30)21-12-15(7-8-19(21)22)23(26)24(13-17-4-3-10-31-17)16-9-11-32(27,28)14-16/h1-2,5-8,12,16-17H,3-4,9-11,13-14H2/t16-,17+/m0/s1. The van der Waals surface area contributed by atoms with Gasteiger partial charge in [0, 0.05) is 35.9 Å². The maximum absolute atomic E-state index is 13.6. The van der Waals surface area contributed by atoms with Crippen molar-refractivity contribution in [3.05, 3.63) is 59.2 Å². The molecule has 174 valence electrons. The van der Waals surface area contributed by atoms with Crippen molar-refractivity contribution in [1.82, 2.24) is 4.90 Å². The molecule has 0 bridgehead atoms. The number of rotatable bonds is 4. The molecule has 2 saturated heterocycles. The summed E-state index contributed by atoms with van der Waals surface area (Å²) in [6.07, 6.45) is 1.78. The largest absolute Gasteiger partial charge is 0.376 e. The van der Waals surface area contributed by atoms with Gasteiger partial charge in [0.05, 0.1) is 27.4 Å². The maximum Gasteiger partial charge on any atom is 0.254 e. The van der Waals surface area contributed by atoms with Crippen LogP contribution in [0.4, 0.5) is 0 Å². The minimum Gasteiger partial charge on any atom is -0.376 e. The molecule has 10 heteroatoms. The van der Waals surface area contributed by atoms with Gasteiger partial charge in [-0.25, -0.2) is 16.8 Å². The van der Waals surface area contributed by atoms with E-state index in [1.165, 1.54) is 35.2 Å². The Hall–Kier alpha value is -2.56. The molecule has 0 spiro atoms. The fourth-order valence-electron chi connectivity index (χ4n) is 4.81. The summed E-state index contributed by atoms with van der Waals surface area (Å²) in [7, 11) is -7.23. The van der Waals surface area contributed by atoms with E-state index >= 15 is 0 Å². The maximum atomic E-state index is 13.6. The molecule has 1 amide bonds. The molecule has 2 fully saturated rings. The van der Waals surface area contributed by atoms with E-state index < -0.39 is 37.4 Å². The molecule has 0 aromatic heterocycles. The van der Waals surface area contributed by atoms with Crippen molar-refractivity contribution >= 4 is 31.4 Å². The van der Waals surface area contributed by atoms with Gasteiger partial charge in [-0.15, -0.1) is 0 Å². The number of nitrogens with zero attached hydrogens (tertiary/aromatic N) is 1. The molecule has 0 N–H and O–H groups in total. The summed E-state index contributed by atoms with van der Waals surface area (Å²) in [5.41, 5.74) is 0.242. The summed E-state index contributed by atoms with van der Waals surface area (Å²) in [6.45, 7) is 0.832. The second-order valence-corrected chi connectivity index (χ2v) is 12.8. The van der Waals surface area contributed by atoms with Crippen LogP contribution in [0.5, 0.6) is 0 Å². The third-order valence-corrected chi connectivity index (χ3v) is 10.1.